The Labute approximate surface area is 160 Å². The van der Waals surface area contributed by atoms with Crippen LogP contribution in [0.1, 0.15) is 12.5 Å². The van der Waals surface area contributed by atoms with Crippen molar-refractivity contribution in [3.05, 3.63) is 58.4 Å². The Bertz CT molecular complexity index is 1040. The molecule has 0 aromatic heterocycles. The highest BCUT2D eigenvalue weighted by atomic mass is 35.5. The van der Waals surface area contributed by atoms with Crippen LogP contribution in [0.2, 0.25) is 5.02 Å². The molecule has 0 spiro atoms. The lowest BCUT2D eigenvalue weighted by Gasteiger charge is -2.20. The third kappa shape index (κ3) is 4.06. The van der Waals surface area contributed by atoms with Crippen molar-refractivity contribution < 1.29 is 27.1 Å². The molecule has 142 valence electrons. The average Bonchev–Trinajstić information content (AvgIpc) is 2.61. The lowest BCUT2D eigenvalue weighted by atomic mass is 10.1. The molecule has 0 atom stereocenters. The third-order valence-electron chi connectivity index (χ3n) is 3.71. The maximum Gasteiger partial charge on any atom is 0.267 e. The molecular formula is C18H15ClFNO5S. The lowest BCUT2D eigenvalue weighted by Crippen LogP contribution is -2.34. The monoisotopic (exact) mass is 411 g/mol. The number of para-hydroxylation sites is 1. The van der Waals surface area contributed by atoms with Crippen molar-refractivity contribution in [1.82, 2.24) is 4.72 Å². The molecule has 2 aromatic carbocycles. The molecule has 2 aromatic rings. The van der Waals surface area contributed by atoms with E-state index in [4.69, 9.17) is 21.1 Å². The summed E-state index contributed by atoms with van der Waals surface area (Å²) in [5.74, 6) is -0.954. The zero-order valence-corrected chi connectivity index (χ0v) is 15.7. The highest BCUT2D eigenvalue weighted by Gasteiger charge is 2.26. The Balaban J connectivity index is 1.85. The second-order valence-corrected chi connectivity index (χ2v) is 7.66. The van der Waals surface area contributed by atoms with Crippen LogP contribution in [0.25, 0.3) is 6.08 Å². The van der Waals surface area contributed by atoms with Gasteiger partial charge in [-0.25, -0.2) is 17.5 Å². The van der Waals surface area contributed by atoms with E-state index in [1.54, 1.807) is 18.2 Å². The number of amides is 1. The molecule has 0 radical (unpaired) electrons. The van der Waals surface area contributed by atoms with Crippen molar-refractivity contribution in [3.8, 4) is 11.5 Å². The average molecular weight is 412 g/mol. The van der Waals surface area contributed by atoms with Gasteiger partial charge in [-0.05, 0) is 37.3 Å². The van der Waals surface area contributed by atoms with Gasteiger partial charge in [-0.1, -0.05) is 23.7 Å². The molecule has 0 fully saturated rings. The molecule has 27 heavy (non-hydrogen) atoms. The summed E-state index contributed by atoms with van der Waals surface area (Å²) in [7, 11) is -4.40. The van der Waals surface area contributed by atoms with Crippen LogP contribution in [0.3, 0.4) is 0 Å². The van der Waals surface area contributed by atoms with Crippen LogP contribution in [0.4, 0.5) is 4.39 Å². The summed E-state index contributed by atoms with van der Waals surface area (Å²) < 4.78 is 51.3. The molecule has 0 saturated heterocycles. The third-order valence-corrected chi connectivity index (χ3v) is 5.31. The van der Waals surface area contributed by atoms with Crippen LogP contribution in [0.5, 0.6) is 11.5 Å². The van der Waals surface area contributed by atoms with Crippen LogP contribution in [0.15, 0.2) is 46.9 Å². The van der Waals surface area contributed by atoms with Gasteiger partial charge in [0.2, 0.25) is 0 Å². The van der Waals surface area contributed by atoms with E-state index < -0.39 is 26.6 Å². The minimum Gasteiger partial charge on any atom is -0.490 e. The lowest BCUT2D eigenvalue weighted by molar-refractivity contribution is -0.116. The standard InChI is InChI=1S/C18H15ClFNO5S/c1-2-25-15-5-3-4-11-8-12(10-26-17(11)15)18(22)21-27(23,24)16-7-6-13(19)9-14(16)20/h3-9H,2,10H2,1H3,(H,21,22). The van der Waals surface area contributed by atoms with Crippen molar-refractivity contribution >= 4 is 33.6 Å². The zero-order valence-electron chi connectivity index (χ0n) is 14.2. The second-order valence-electron chi connectivity index (χ2n) is 5.58. The molecule has 1 aliphatic rings. The summed E-state index contributed by atoms with van der Waals surface area (Å²) in [5, 5.41) is 0.0443. The molecule has 0 saturated carbocycles. The van der Waals surface area contributed by atoms with Crippen molar-refractivity contribution in [2.45, 2.75) is 11.8 Å². The summed E-state index contributed by atoms with van der Waals surface area (Å²) >= 11 is 5.62. The number of hydrogen-bond acceptors (Lipinski definition) is 5. The van der Waals surface area contributed by atoms with Crippen molar-refractivity contribution in [3.63, 3.8) is 0 Å². The van der Waals surface area contributed by atoms with Crippen LogP contribution in [-0.4, -0.2) is 27.5 Å². The molecule has 0 aliphatic carbocycles. The number of ether oxygens (including phenoxy) is 2. The van der Waals surface area contributed by atoms with Gasteiger partial charge in [-0.2, -0.15) is 0 Å². The Morgan fingerprint density at radius 2 is 2.11 bits per heavy atom. The molecule has 9 heteroatoms. The molecule has 1 amide bonds. The fourth-order valence-corrected chi connectivity index (χ4v) is 3.72. The number of hydrogen-bond donors (Lipinski definition) is 1. The molecular weight excluding hydrogens is 397 g/mol. The highest BCUT2D eigenvalue weighted by Crippen LogP contribution is 2.35. The molecule has 6 nitrogen and oxygen atoms in total. The second kappa shape index (κ2) is 7.58. The van der Waals surface area contributed by atoms with Crippen LogP contribution < -0.4 is 14.2 Å². The largest absolute Gasteiger partial charge is 0.490 e. The molecule has 0 bridgehead atoms. The van der Waals surface area contributed by atoms with E-state index in [9.17, 15) is 17.6 Å². The highest BCUT2D eigenvalue weighted by molar-refractivity contribution is 7.90. The first kappa shape index (κ1) is 19.2. The zero-order chi connectivity index (χ0) is 19.6. The van der Waals surface area contributed by atoms with Crippen LogP contribution in [0, 0.1) is 5.82 Å². The maximum absolute atomic E-state index is 13.9. The number of benzene rings is 2. The first-order chi connectivity index (χ1) is 12.8. The van der Waals surface area contributed by atoms with Crippen molar-refractivity contribution in [1.29, 1.82) is 0 Å². The molecule has 1 aliphatic heterocycles. The first-order valence-electron chi connectivity index (χ1n) is 7.93. The summed E-state index contributed by atoms with van der Waals surface area (Å²) in [6, 6.07) is 8.23. The van der Waals surface area contributed by atoms with Gasteiger partial charge in [0.05, 0.1) is 12.2 Å². The maximum atomic E-state index is 13.9. The van der Waals surface area contributed by atoms with E-state index in [-0.39, 0.29) is 17.2 Å². The number of carbonyl (C=O) groups is 1. The minimum atomic E-state index is -4.40. The van der Waals surface area contributed by atoms with Crippen molar-refractivity contribution in [2.75, 3.05) is 13.2 Å². The number of carbonyl (C=O) groups excluding carboxylic acids is 1. The number of sulfonamides is 1. The number of rotatable bonds is 5. The SMILES string of the molecule is CCOc1cccc2c1OCC(C(=O)NS(=O)(=O)c1ccc(Cl)cc1F)=C2. The van der Waals surface area contributed by atoms with Gasteiger partial charge in [-0.15, -0.1) is 0 Å². The van der Waals surface area contributed by atoms with Gasteiger partial charge in [0.25, 0.3) is 15.9 Å². The fraction of sp³-hybridized carbons (Fsp3) is 0.167. The first-order valence-corrected chi connectivity index (χ1v) is 9.79. The summed E-state index contributed by atoms with van der Waals surface area (Å²) in [4.78, 5) is 11.7. The Kier molecular flexibility index (Phi) is 5.38. The number of halogens is 2. The summed E-state index contributed by atoms with van der Waals surface area (Å²) in [6.45, 7) is 2.13. The topological polar surface area (TPSA) is 81.7 Å². The minimum absolute atomic E-state index is 0.0443. The number of nitrogens with one attached hydrogen (secondary N) is 1. The molecule has 3 rings (SSSR count). The van der Waals surface area contributed by atoms with Gasteiger partial charge in [-0.3, -0.25) is 4.79 Å². The van der Waals surface area contributed by atoms with E-state index in [0.29, 0.717) is 23.7 Å². The predicted molar refractivity (Wildman–Crippen MR) is 97.8 cm³/mol. The Morgan fingerprint density at radius 3 is 2.81 bits per heavy atom. The van der Waals surface area contributed by atoms with E-state index in [0.717, 1.165) is 12.1 Å². The van der Waals surface area contributed by atoms with E-state index in [1.165, 1.54) is 12.1 Å². The van der Waals surface area contributed by atoms with E-state index in [1.807, 2.05) is 11.6 Å². The predicted octanol–water partition coefficient (Wildman–Crippen LogP) is 3.16. The Morgan fingerprint density at radius 1 is 1.33 bits per heavy atom. The van der Waals surface area contributed by atoms with Gasteiger partial charge in [0.15, 0.2) is 11.5 Å². The fourth-order valence-electron chi connectivity index (χ4n) is 2.52. The van der Waals surface area contributed by atoms with E-state index >= 15 is 0 Å². The van der Waals surface area contributed by atoms with Gasteiger partial charge >= 0.3 is 0 Å². The van der Waals surface area contributed by atoms with E-state index in [2.05, 4.69) is 0 Å². The van der Waals surface area contributed by atoms with Crippen LogP contribution >= 0.6 is 11.6 Å². The van der Waals surface area contributed by atoms with Gasteiger partial charge < -0.3 is 9.47 Å². The normalized spacial score (nSPS) is 13.2. The molecule has 1 N–H and O–H groups in total. The Hall–Kier alpha value is -2.58. The van der Waals surface area contributed by atoms with Gasteiger partial charge in [0, 0.05) is 10.6 Å². The molecule has 0 unspecified atom stereocenters. The quantitative estimate of drug-likeness (QED) is 0.817. The van der Waals surface area contributed by atoms with Crippen LogP contribution in [-0.2, 0) is 14.8 Å². The number of fused-ring (bicyclic) bond motifs is 1. The summed E-state index contributed by atoms with van der Waals surface area (Å²) in [6.07, 6.45) is 1.50. The molecule has 1 heterocycles. The van der Waals surface area contributed by atoms with Crippen molar-refractivity contribution in [2.24, 2.45) is 0 Å². The summed E-state index contributed by atoms with van der Waals surface area (Å²) in [5.41, 5.74) is 0.654. The van der Waals surface area contributed by atoms with Gasteiger partial charge in [0.1, 0.15) is 17.3 Å². The smallest absolute Gasteiger partial charge is 0.267 e.